The fourth-order valence-corrected chi connectivity index (χ4v) is 2.22. The summed E-state index contributed by atoms with van der Waals surface area (Å²) in [7, 11) is 0. The molecule has 1 fully saturated rings. The van der Waals surface area contributed by atoms with Crippen molar-refractivity contribution < 1.29 is 9.53 Å². The van der Waals surface area contributed by atoms with Gasteiger partial charge in [0, 0.05) is 0 Å². The Labute approximate surface area is 93.4 Å². The van der Waals surface area contributed by atoms with Crippen LogP contribution in [0.5, 0.6) is 0 Å². The van der Waals surface area contributed by atoms with E-state index in [4.69, 9.17) is 4.74 Å². The molecule has 2 nitrogen and oxygen atoms in total. The van der Waals surface area contributed by atoms with E-state index in [1.54, 1.807) is 0 Å². The summed E-state index contributed by atoms with van der Waals surface area (Å²) >= 11 is 0. The Morgan fingerprint density at radius 2 is 1.80 bits per heavy atom. The number of rotatable bonds is 4. The molecule has 0 aliphatic heterocycles. The average Bonchev–Trinajstić information content (AvgIpc) is 2.26. The van der Waals surface area contributed by atoms with Gasteiger partial charge in [0.15, 0.2) is 0 Å². The van der Waals surface area contributed by atoms with E-state index in [9.17, 15) is 4.79 Å². The molecule has 0 aromatic carbocycles. The number of hydrogen-bond donors (Lipinski definition) is 0. The lowest BCUT2D eigenvalue weighted by molar-refractivity contribution is -0.149. The molecule has 2 heteroatoms. The van der Waals surface area contributed by atoms with E-state index in [0.717, 1.165) is 5.92 Å². The van der Waals surface area contributed by atoms with Crippen LogP contribution in [0.15, 0.2) is 0 Å². The van der Waals surface area contributed by atoms with Crippen molar-refractivity contribution in [3.63, 3.8) is 0 Å². The van der Waals surface area contributed by atoms with Crippen LogP contribution in [0.1, 0.15) is 52.9 Å². The van der Waals surface area contributed by atoms with Crippen molar-refractivity contribution in [1.82, 2.24) is 0 Å². The van der Waals surface area contributed by atoms with Crippen molar-refractivity contribution in [2.75, 3.05) is 6.61 Å². The molecule has 1 atom stereocenters. The minimum Gasteiger partial charge on any atom is -0.465 e. The fraction of sp³-hybridized carbons (Fsp3) is 0.923. The van der Waals surface area contributed by atoms with Crippen LogP contribution in [0, 0.1) is 17.8 Å². The highest BCUT2D eigenvalue weighted by Gasteiger charge is 2.21. The first-order valence-electron chi connectivity index (χ1n) is 6.28. The highest BCUT2D eigenvalue weighted by Crippen LogP contribution is 2.29. The van der Waals surface area contributed by atoms with Crippen molar-refractivity contribution in [3.8, 4) is 0 Å². The van der Waals surface area contributed by atoms with Crippen LogP contribution >= 0.6 is 0 Å². The Morgan fingerprint density at radius 1 is 1.20 bits per heavy atom. The van der Waals surface area contributed by atoms with E-state index in [0.29, 0.717) is 12.5 Å². The van der Waals surface area contributed by atoms with Gasteiger partial charge < -0.3 is 4.74 Å². The van der Waals surface area contributed by atoms with E-state index in [2.05, 4.69) is 6.92 Å². The molecule has 0 aromatic rings. The summed E-state index contributed by atoms with van der Waals surface area (Å²) in [6.07, 6.45) is 6.73. The van der Waals surface area contributed by atoms with Crippen LogP contribution in [0.2, 0.25) is 0 Å². The predicted molar refractivity (Wildman–Crippen MR) is 61.5 cm³/mol. The van der Waals surface area contributed by atoms with Gasteiger partial charge in [-0.1, -0.05) is 52.9 Å². The number of carbonyl (C=O) groups excluding carboxylic acids is 1. The zero-order chi connectivity index (χ0) is 11.3. The van der Waals surface area contributed by atoms with Gasteiger partial charge in [-0.05, 0) is 11.8 Å². The predicted octanol–water partition coefficient (Wildman–Crippen LogP) is 3.40. The van der Waals surface area contributed by atoms with E-state index in [1.807, 2.05) is 13.8 Å². The smallest absolute Gasteiger partial charge is 0.308 e. The fourth-order valence-electron chi connectivity index (χ4n) is 2.22. The lowest BCUT2D eigenvalue weighted by Crippen LogP contribution is -2.23. The molecule has 0 amide bonds. The second kappa shape index (κ2) is 6.14. The summed E-state index contributed by atoms with van der Waals surface area (Å²) in [4.78, 5) is 11.3. The lowest BCUT2D eigenvalue weighted by Gasteiger charge is -2.27. The molecule has 1 aliphatic carbocycles. The Hall–Kier alpha value is -0.530. The summed E-state index contributed by atoms with van der Waals surface area (Å²) < 4.78 is 5.28. The molecule has 0 heterocycles. The monoisotopic (exact) mass is 212 g/mol. The summed E-state index contributed by atoms with van der Waals surface area (Å²) in [5, 5.41) is 0. The molecule has 1 saturated carbocycles. The molecule has 0 radical (unpaired) electrons. The van der Waals surface area contributed by atoms with Gasteiger partial charge in [-0.15, -0.1) is 0 Å². The number of carbonyl (C=O) groups is 1. The highest BCUT2D eigenvalue weighted by atomic mass is 16.5. The molecule has 0 saturated heterocycles. The second-order valence-electron chi connectivity index (χ2n) is 5.16. The lowest BCUT2D eigenvalue weighted by atomic mass is 9.81. The van der Waals surface area contributed by atoms with Gasteiger partial charge >= 0.3 is 5.97 Å². The zero-order valence-corrected chi connectivity index (χ0v) is 10.3. The van der Waals surface area contributed by atoms with Gasteiger partial charge in [0.1, 0.15) is 0 Å². The average molecular weight is 212 g/mol. The van der Waals surface area contributed by atoms with E-state index in [1.165, 1.54) is 32.1 Å². The Balaban J connectivity index is 2.22. The summed E-state index contributed by atoms with van der Waals surface area (Å²) in [6, 6.07) is 0. The van der Waals surface area contributed by atoms with Crippen LogP contribution in [-0.2, 0) is 9.53 Å². The minimum atomic E-state index is -0.0577. The molecule has 0 bridgehead atoms. The maximum absolute atomic E-state index is 11.3. The Kier molecular flexibility index (Phi) is 5.13. The van der Waals surface area contributed by atoms with Gasteiger partial charge in [-0.2, -0.15) is 0 Å². The van der Waals surface area contributed by atoms with Crippen LogP contribution in [-0.4, -0.2) is 12.6 Å². The summed E-state index contributed by atoms with van der Waals surface area (Å²) in [5.74, 6) is 1.26. The van der Waals surface area contributed by atoms with Crippen LogP contribution in [0.3, 0.4) is 0 Å². The zero-order valence-electron chi connectivity index (χ0n) is 10.3. The minimum absolute atomic E-state index is 0.00329. The van der Waals surface area contributed by atoms with Crippen LogP contribution in [0.25, 0.3) is 0 Å². The molecular weight excluding hydrogens is 188 g/mol. The third-order valence-electron chi connectivity index (χ3n) is 3.41. The van der Waals surface area contributed by atoms with Crippen LogP contribution in [0.4, 0.5) is 0 Å². The molecule has 1 unspecified atom stereocenters. The van der Waals surface area contributed by atoms with Gasteiger partial charge in [0.25, 0.3) is 0 Å². The molecule has 88 valence electrons. The third-order valence-corrected chi connectivity index (χ3v) is 3.41. The Bertz CT molecular complexity index is 193. The number of esters is 1. The molecule has 1 rings (SSSR count). The maximum atomic E-state index is 11.3. The first-order valence-corrected chi connectivity index (χ1v) is 6.28. The second-order valence-corrected chi connectivity index (χ2v) is 5.16. The molecule has 1 aliphatic rings. The summed E-state index contributed by atoms with van der Waals surface area (Å²) in [5.41, 5.74) is 0. The standard InChI is InChI=1S/C13H24O2/c1-10(2)13(14)15-9-11(3)12-7-5-4-6-8-12/h10-12H,4-9H2,1-3H3. The Morgan fingerprint density at radius 3 is 2.33 bits per heavy atom. The van der Waals surface area contributed by atoms with Crippen molar-refractivity contribution in [1.29, 1.82) is 0 Å². The van der Waals surface area contributed by atoms with Gasteiger partial charge in [0.05, 0.1) is 12.5 Å². The first kappa shape index (κ1) is 12.5. The van der Waals surface area contributed by atoms with Gasteiger partial charge in [-0.25, -0.2) is 0 Å². The first-order chi connectivity index (χ1) is 7.11. The molecular formula is C13H24O2. The van der Waals surface area contributed by atoms with E-state index < -0.39 is 0 Å². The van der Waals surface area contributed by atoms with Crippen molar-refractivity contribution >= 4 is 5.97 Å². The van der Waals surface area contributed by atoms with Crippen molar-refractivity contribution in [3.05, 3.63) is 0 Å². The SMILES string of the molecule is CC(C)C(=O)OCC(C)C1CCCCC1. The molecule has 0 N–H and O–H groups in total. The van der Waals surface area contributed by atoms with Crippen molar-refractivity contribution in [2.24, 2.45) is 17.8 Å². The van der Waals surface area contributed by atoms with E-state index in [-0.39, 0.29) is 11.9 Å². The normalized spacial score (nSPS) is 20.3. The number of hydrogen-bond acceptors (Lipinski definition) is 2. The van der Waals surface area contributed by atoms with Gasteiger partial charge in [-0.3, -0.25) is 4.79 Å². The summed E-state index contributed by atoms with van der Waals surface area (Å²) in [6.45, 7) is 6.59. The highest BCUT2D eigenvalue weighted by molar-refractivity contribution is 5.71. The van der Waals surface area contributed by atoms with Crippen LogP contribution < -0.4 is 0 Å². The topological polar surface area (TPSA) is 26.3 Å². The third kappa shape index (κ3) is 4.23. The van der Waals surface area contributed by atoms with E-state index >= 15 is 0 Å². The molecule has 0 spiro atoms. The van der Waals surface area contributed by atoms with Crippen molar-refractivity contribution in [2.45, 2.75) is 52.9 Å². The molecule has 15 heavy (non-hydrogen) atoms. The number of ether oxygens (including phenoxy) is 1. The largest absolute Gasteiger partial charge is 0.465 e. The van der Waals surface area contributed by atoms with Gasteiger partial charge in [0.2, 0.25) is 0 Å². The quantitative estimate of drug-likeness (QED) is 0.668. The maximum Gasteiger partial charge on any atom is 0.308 e. The molecule has 0 aromatic heterocycles.